The number of nitriles is 1. The number of nitrogens with zero attached hydrogens (tertiary/aromatic N) is 1. The van der Waals surface area contributed by atoms with Gasteiger partial charge in [0, 0.05) is 25.2 Å². The molecule has 0 aromatic carbocycles. The van der Waals surface area contributed by atoms with Crippen LogP contribution in [0.4, 0.5) is 0 Å². The highest BCUT2D eigenvalue weighted by Gasteiger charge is 2.06. The van der Waals surface area contributed by atoms with Crippen LogP contribution >= 0.6 is 11.6 Å². The fraction of sp³-hybridized carbons (Fsp3) is 0.636. The summed E-state index contributed by atoms with van der Waals surface area (Å²) >= 11 is 5.42. The first-order valence-electron chi connectivity index (χ1n) is 5.29. The van der Waals surface area contributed by atoms with Gasteiger partial charge in [-0.05, 0) is 12.3 Å². The zero-order valence-electron chi connectivity index (χ0n) is 9.72. The molecule has 1 amide bonds. The van der Waals surface area contributed by atoms with E-state index in [4.69, 9.17) is 16.9 Å². The molecule has 0 heterocycles. The molecule has 0 aromatic rings. The summed E-state index contributed by atoms with van der Waals surface area (Å²) in [5.74, 6) is 0.544. The molecule has 5 heteroatoms. The number of alkyl halides is 1. The van der Waals surface area contributed by atoms with Gasteiger partial charge < -0.3 is 10.6 Å². The monoisotopic (exact) mass is 243 g/mol. The van der Waals surface area contributed by atoms with Gasteiger partial charge >= 0.3 is 0 Å². The van der Waals surface area contributed by atoms with E-state index in [1.165, 1.54) is 6.20 Å². The van der Waals surface area contributed by atoms with Gasteiger partial charge in [0.05, 0.1) is 0 Å². The zero-order chi connectivity index (χ0) is 12.4. The summed E-state index contributed by atoms with van der Waals surface area (Å²) in [5, 5.41) is 14.2. The van der Waals surface area contributed by atoms with Crippen LogP contribution in [-0.4, -0.2) is 24.9 Å². The largest absolute Gasteiger partial charge is 0.390 e. The maximum absolute atomic E-state index is 11.4. The molecule has 0 saturated heterocycles. The summed E-state index contributed by atoms with van der Waals surface area (Å²) < 4.78 is 0. The van der Waals surface area contributed by atoms with Crippen LogP contribution in [-0.2, 0) is 4.79 Å². The summed E-state index contributed by atoms with van der Waals surface area (Å²) in [5.41, 5.74) is 0.0777. The highest BCUT2D eigenvalue weighted by atomic mass is 35.5. The minimum absolute atomic E-state index is 0.0777. The molecule has 0 atom stereocenters. The normalized spacial score (nSPS) is 11.1. The quantitative estimate of drug-likeness (QED) is 0.307. The fourth-order valence-corrected chi connectivity index (χ4v) is 1.05. The van der Waals surface area contributed by atoms with Crippen LogP contribution in [0, 0.1) is 17.2 Å². The summed E-state index contributed by atoms with van der Waals surface area (Å²) in [4.78, 5) is 11.4. The minimum Gasteiger partial charge on any atom is -0.390 e. The summed E-state index contributed by atoms with van der Waals surface area (Å²) in [7, 11) is 0. The van der Waals surface area contributed by atoms with Crippen LogP contribution in [0.1, 0.15) is 20.3 Å². The first-order valence-corrected chi connectivity index (χ1v) is 5.83. The Hall–Kier alpha value is -1.21. The van der Waals surface area contributed by atoms with Crippen molar-refractivity contribution in [3.05, 3.63) is 11.8 Å². The van der Waals surface area contributed by atoms with E-state index in [0.717, 1.165) is 13.0 Å². The molecule has 0 aromatic heterocycles. The maximum Gasteiger partial charge on any atom is 0.263 e. The first kappa shape index (κ1) is 14.8. The molecule has 0 aliphatic carbocycles. The molecule has 0 radical (unpaired) electrons. The molecule has 0 unspecified atom stereocenters. The number of amides is 1. The summed E-state index contributed by atoms with van der Waals surface area (Å²) in [6.07, 6.45) is 2.45. The third-order valence-corrected chi connectivity index (χ3v) is 2.05. The van der Waals surface area contributed by atoms with E-state index in [0.29, 0.717) is 18.3 Å². The molecule has 2 N–H and O–H groups in total. The van der Waals surface area contributed by atoms with Crippen molar-refractivity contribution in [2.24, 2.45) is 5.92 Å². The Morgan fingerprint density at radius 3 is 2.69 bits per heavy atom. The summed E-state index contributed by atoms with van der Waals surface area (Å²) in [6.45, 7) is 5.35. The summed E-state index contributed by atoms with van der Waals surface area (Å²) in [6, 6.07) is 1.84. The van der Waals surface area contributed by atoms with E-state index in [-0.39, 0.29) is 11.5 Å². The molecular formula is C11H18ClN3O. The first-order chi connectivity index (χ1) is 7.61. The van der Waals surface area contributed by atoms with E-state index in [2.05, 4.69) is 24.5 Å². The third-order valence-electron chi connectivity index (χ3n) is 1.86. The van der Waals surface area contributed by atoms with Crippen molar-refractivity contribution in [1.29, 1.82) is 5.26 Å². The zero-order valence-corrected chi connectivity index (χ0v) is 10.5. The Bertz CT molecular complexity index is 281. The van der Waals surface area contributed by atoms with Gasteiger partial charge in [0.25, 0.3) is 5.91 Å². The van der Waals surface area contributed by atoms with Crippen molar-refractivity contribution < 1.29 is 4.79 Å². The highest BCUT2D eigenvalue weighted by Crippen LogP contribution is 1.97. The second-order valence-corrected chi connectivity index (χ2v) is 4.13. The van der Waals surface area contributed by atoms with Crippen LogP contribution in [0.25, 0.3) is 0 Å². The SMILES string of the molecule is CC(C)CCN/C=C(/C#N)C(=O)NCCCl. The molecule has 0 spiro atoms. The van der Waals surface area contributed by atoms with Gasteiger partial charge in [-0.3, -0.25) is 4.79 Å². The lowest BCUT2D eigenvalue weighted by molar-refractivity contribution is -0.117. The molecule has 0 bridgehead atoms. The van der Waals surface area contributed by atoms with E-state index < -0.39 is 0 Å². The number of rotatable bonds is 7. The van der Waals surface area contributed by atoms with Crippen LogP contribution in [0.5, 0.6) is 0 Å². The predicted molar refractivity (Wildman–Crippen MR) is 64.9 cm³/mol. The Morgan fingerprint density at radius 2 is 2.19 bits per heavy atom. The molecule has 0 saturated carbocycles. The van der Waals surface area contributed by atoms with Crippen molar-refractivity contribution in [2.75, 3.05) is 19.0 Å². The van der Waals surface area contributed by atoms with Crippen LogP contribution in [0.2, 0.25) is 0 Å². The van der Waals surface area contributed by atoms with Crippen molar-refractivity contribution in [2.45, 2.75) is 20.3 Å². The number of carbonyl (C=O) groups is 1. The Kier molecular flexibility index (Phi) is 8.36. The molecule has 4 nitrogen and oxygen atoms in total. The van der Waals surface area contributed by atoms with Gasteiger partial charge in [0.2, 0.25) is 0 Å². The fourth-order valence-electron chi connectivity index (χ4n) is 0.951. The minimum atomic E-state index is -0.389. The number of nitrogens with one attached hydrogen (secondary N) is 2. The van der Waals surface area contributed by atoms with Crippen molar-refractivity contribution in [1.82, 2.24) is 10.6 Å². The van der Waals surface area contributed by atoms with Gasteiger partial charge in [-0.1, -0.05) is 13.8 Å². The lowest BCUT2D eigenvalue weighted by Crippen LogP contribution is -2.27. The topological polar surface area (TPSA) is 64.9 Å². The highest BCUT2D eigenvalue weighted by molar-refractivity contribution is 6.18. The lowest BCUT2D eigenvalue weighted by Gasteiger charge is -2.05. The average Bonchev–Trinajstić information content (AvgIpc) is 2.25. The molecule has 0 aliphatic heterocycles. The molecule has 0 rings (SSSR count). The van der Waals surface area contributed by atoms with Crippen LogP contribution < -0.4 is 10.6 Å². The van der Waals surface area contributed by atoms with E-state index in [9.17, 15) is 4.79 Å². The second-order valence-electron chi connectivity index (χ2n) is 3.75. The maximum atomic E-state index is 11.4. The number of hydrogen-bond donors (Lipinski definition) is 2. The van der Waals surface area contributed by atoms with Gasteiger partial charge in [0.15, 0.2) is 0 Å². The average molecular weight is 244 g/mol. The Balaban J connectivity index is 4.02. The smallest absolute Gasteiger partial charge is 0.263 e. The van der Waals surface area contributed by atoms with Crippen molar-refractivity contribution in [3.63, 3.8) is 0 Å². The lowest BCUT2D eigenvalue weighted by atomic mass is 10.1. The van der Waals surface area contributed by atoms with Crippen LogP contribution in [0.3, 0.4) is 0 Å². The van der Waals surface area contributed by atoms with Gasteiger partial charge in [-0.15, -0.1) is 11.6 Å². The molecule has 90 valence electrons. The van der Waals surface area contributed by atoms with Crippen molar-refractivity contribution in [3.8, 4) is 6.07 Å². The molecular weight excluding hydrogens is 226 g/mol. The van der Waals surface area contributed by atoms with E-state index in [1.54, 1.807) is 0 Å². The van der Waals surface area contributed by atoms with E-state index in [1.807, 2.05) is 6.07 Å². The number of halogens is 1. The standard InChI is InChI=1S/C11H18ClN3O/c1-9(2)3-5-14-8-10(7-13)11(16)15-6-4-12/h8-9,14H,3-6H2,1-2H3,(H,15,16)/b10-8-. The molecule has 0 aliphatic rings. The van der Waals surface area contributed by atoms with Gasteiger partial charge in [0.1, 0.15) is 11.6 Å². The number of hydrogen-bond acceptors (Lipinski definition) is 3. The Morgan fingerprint density at radius 1 is 1.50 bits per heavy atom. The van der Waals surface area contributed by atoms with Crippen LogP contribution in [0.15, 0.2) is 11.8 Å². The number of carbonyl (C=O) groups excluding carboxylic acids is 1. The third kappa shape index (κ3) is 7.13. The van der Waals surface area contributed by atoms with Crippen molar-refractivity contribution >= 4 is 17.5 Å². The molecule has 16 heavy (non-hydrogen) atoms. The molecule has 0 fully saturated rings. The Labute approximate surface area is 102 Å². The van der Waals surface area contributed by atoms with Gasteiger partial charge in [-0.25, -0.2) is 0 Å². The second kappa shape index (κ2) is 9.05. The van der Waals surface area contributed by atoms with Gasteiger partial charge in [-0.2, -0.15) is 5.26 Å². The van der Waals surface area contributed by atoms with E-state index >= 15 is 0 Å². The predicted octanol–water partition coefficient (Wildman–Crippen LogP) is 1.38.